The standard InChI is InChI=1S/C24H26ClN3O/c1-17(18-9-5-4-6-10-18)28(24(29)21-11-7-8-12-22(21)25)16-19-15-20(26)13-14-23(19)27(2)3/h4-15,17H,16,26H2,1-3H3/t17-/m0/s1. The summed E-state index contributed by atoms with van der Waals surface area (Å²) in [5.74, 6) is -0.112. The van der Waals surface area contributed by atoms with Gasteiger partial charge in [0.05, 0.1) is 16.6 Å². The van der Waals surface area contributed by atoms with Crippen LogP contribution in [0.1, 0.15) is 34.5 Å². The first-order valence-corrected chi connectivity index (χ1v) is 9.92. The maximum absolute atomic E-state index is 13.5. The SMILES string of the molecule is C[C@@H](c1ccccc1)N(Cc1cc(N)ccc1N(C)C)C(=O)c1ccccc1Cl. The molecule has 150 valence electrons. The lowest BCUT2D eigenvalue weighted by Crippen LogP contribution is -2.34. The first-order valence-electron chi connectivity index (χ1n) is 9.54. The first kappa shape index (κ1) is 20.7. The molecule has 0 spiro atoms. The summed E-state index contributed by atoms with van der Waals surface area (Å²) in [7, 11) is 3.96. The molecule has 1 atom stereocenters. The smallest absolute Gasteiger partial charge is 0.256 e. The lowest BCUT2D eigenvalue weighted by Gasteiger charge is -2.32. The van der Waals surface area contributed by atoms with Gasteiger partial charge in [-0.1, -0.05) is 54.1 Å². The molecule has 2 N–H and O–H groups in total. The fourth-order valence-electron chi connectivity index (χ4n) is 3.44. The molecule has 29 heavy (non-hydrogen) atoms. The molecular formula is C24H26ClN3O. The zero-order valence-electron chi connectivity index (χ0n) is 17.0. The molecule has 0 bridgehead atoms. The van der Waals surface area contributed by atoms with Crippen LogP contribution in [0.2, 0.25) is 5.02 Å². The predicted octanol–water partition coefficient (Wildman–Crippen LogP) is 5.39. The minimum atomic E-state index is -0.142. The van der Waals surface area contributed by atoms with E-state index in [4.69, 9.17) is 17.3 Å². The first-order chi connectivity index (χ1) is 13.9. The Bertz CT molecular complexity index is 988. The van der Waals surface area contributed by atoms with Gasteiger partial charge in [0.15, 0.2) is 0 Å². The Kier molecular flexibility index (Phi) is 6.45. The molecule has 3 aromatic rings. The summed E-state index contributed by atoms with van der Waals surface area (Å²) in [6, 6.07) is 22.8. The molecule has 0 unspecified atom stereocenters. The van der Waals surface area contributed by atoms with Crippen LogP contribution >= 0.6 is 11.6 Å². The van der Waals surface area contributed by atoms with Crippen LogP contribution in [0, 0.1) is 0 Å². The number of benzene rings is 3. The van der Waals surface area contributed by atoms with Crippen molar-refractivity contribution < 1.29 is 4.79 Å². The van der Waals surface area contributed by atoms with Crippen molar-refractivity contribution in [1.29, 1.82) is 0 Å². The number of hydrogen-bond acceptors (Lipinski definition) is 3. The number of halogens is 1. The lowest BCUT2D eigenvalue weighted by atomic mass is 10.0. The number of anilines is 2. The third kappa shape index (κ3) is 4.72. The van der Waals surface area contributed by atoms with Gasteiger partial charge in [-0.3, -0.25) is 4.79 Å². The van der Waals surface area contributed by atoms with Gasteiger partial charge in [-0.2, -0.15) is 0 Å². The summed E-state index contributed by atoms with van der Waals surface area (Å²) in [6.07, 6.45) is 0. The molecule has 5 heteroatoms. The molecule has 0 radical (unpaired) electrons. The predicted molar refractivity (Wildman–Crippen MR) is 121 cm³/mol. The van der Waals surface area contributed by atoms with Crippen molar-refractivity contribution >= 4 is 28.9 Å². The van der Waals surface area contributed by atoms with E-state index in [1.165, 1.54) is 0 Å². The monoisotopic (exact) mass is 407 g/mol. The van der Waals surface area contributed by atoms with E-state index in [-0.39, 0.29) is 11.9 Å². The average molecular weight is 408 g/mol. The van der Waals surface area contributed by atoms with Crippen LogP contribution in [0.3, 0.4) is 0 Å². The van der Waals surface area contributed by atoms with Crippen molar-refractivity contribution in [3.8, 4) is 0 Å². The number of rotatable bonds is 6. The van der Waals surface area contributed by atoms with E-state index in [2.05, 4.69) is 0 Å². The largest absolute Gasteiger partial charge is 0.399 e. The zero-order chi connectivity index (χ0) is 21.0. The van der Waals surface area contributed by atoms with E-state index >= 15 is 0 Å². The molecule has 0 aliphatic rings. The quantitative estimate of drug-likeness (QED) is 0.557. The molecule has 1 amide bonds. The number of nitrogen functional groups attached to an aromatic ring is 1. The minimum Gasteiger partial charge on any atom is -0.399 e. The van der Waals surface area contributed by atoms with Gasteiger partial charge in [-0.05, 0) is 48.4 Å². The maximum Gasteiger partial charge on any atom is 0.256 e. The lowest BCUT2D eigenvalue weighted by molar-refractivity contribution is 0.0674. The maximum atomic E-state index is 13.5. The van der Waals surface area contributed by atoms with E-state index in [0.717, 1.165) is 16.8 Å². The Labute approximate surface area is 177 Å². The summed E-state index contributed by atoms with van der Waals surface area (Å²) in [5, 5.41) is 0.447. The second-order valence-electron chi connectivity index (χ2n) is 7.28. The van der Waals surface area contributed by atoms with E-state index in [1.807, 2.05) is 91.5 Å². The molecule has 0 aliphatic heterocycles. The van der Waals surface area contributed by atoms with Crippen molar-refractivity contribution in [3.05, 3.63) is 94.5 Å². The number of carbonyl (C=O) groups excluding carboxylic acids is 1. The van der Waals surface area contributed by atoms with Gasteiger partial charge in [-0.15, -0.1) is 0 Å². The van der Waals surface area contributed by atoms with Gasteiger partial charge >= 0.3 is 0 Å². The highest BCUT2D eigenvalue weighted by Crippen LogP contribution is 2.30. The Morgan fingerprint density at radius 2 is 1.66 bits per heavy atom. The second kappa shape index (κ2) is 9.01. The van der Waals surface area contributed by atoms with Crippen LogP contribution in [0.4, 0.5) is 11.4 Å². The Morgan fingerprint density at radius 1 is 1.00 bits per heavy atom. The fraction of sp³-hybridized carbons (Fsp3) is 0.208. The molecular weight excluding hydrogens is 382 g/mol. The highest BCUT2D eigenvalue weighted by Gasteiger charge is 2.25. The van der Waals surface area contributed by atoms with E-state index < -0.39 is 0 Å². The highest BCUT2D eigenvalue weighted by atomic mass is 35.5. The number of amides is 1. The van der Waals surface area contributed by atoms with Gasteiger partial charge in [0.1, 0.15) is 0 Å². The molecule has 0 saturated carbocycles. The van der Waals surface area contributed by atoms with Crippen LogP contribution < -0.4 is 10.6 Å². The average Bonchev–Trinajstić information content (AvgIpc) is 2.72. The molecule has 0 fully saturated rings. The molecule has 4 nitrogen and oxygen atoms in total. The van der Waals surface area contributed by atoms with Crippen LogP contribution in [0.25, 0.3) is 0 Å². The van der Waals surface area contributed by atoms with Crippen molar-refractivity contribution in [3.63, 3.8) is 0 Å². The van der Waals surface area contributed by atoms with Gasteiger partial charge in [0, 0.05) is 32.0 Å². The van der Waals surface area contributed by atoms with Crippen molar-refractivity contribution in [2.24, 2.45) is 0 Å². The summed E-state index contributed by atoms with van der Waals surface area (Å²) in [5.41, 5.74) is 10.3. The normalized spacial score (nSPS) is 11.7. The number of nitrogens with two attached hydrogens (primary N) is 1. The summed E-state index contributed by atoms with van der Waals surface area (Å²) >= 11 is 6.35. The van der Waals surface area contributed by atoms with E-state index in [0.29, 0.717) is 22.8 Å². The molecule has 0 aromatic heterocycles. The number of hydrogen-bond donors (Lipinski definition) is 1. The zero-order valence-corrected chi connectivity index (χ0v) is 17.7. The molecule has 3 rings (SSSR count). The van der Waals surface area contributed by atoms with Gasteiger partial charge < -0.3 is 15.5 Å². The van der Waals surface area contributed by atoms with E-state index in [9.17, 15) is 4.79 Å². The number of nitrogens with zero attached hydrogens (tertiary/aromatic N) is 2. The third-order valence-electron chi connectivity index (χ3n) is 5.04. The van der Waals surface area contributed by atoms with Crippen molar-refractivity contribution in [2.45, 2.75) is 19.5 Å². The Hall–Kier alpha value is -2.98. The summed E-state index contributed by atoms with van der Waals surface area (Å²) in [4.78, 5) is 17.4. The van der Waals surface area contributed by atoms with Crippen LogP contribution in [0.15, 0.2) is 72.8 Å². The summed E-state index contributed by atoms with van der Waals surface area (Å²) in [6.45, 7) is 2.45. The molecule has 0 saturated heterocycles. The molecule has 0 heterocycles. The Balaban J connectivity index is 2.05. The molecule has 0 aliphatic carbocycles. The van der Waals surface area contributed by atoms with Gasteiger partial charge in [0.25, 0.3) is 5.91 Å². The second-order valence-corrected chi connectivity index (χ2v) is 7.69. The van der Waals surface area contributed by atoms with Crippen LogP contribution in [-0.4, -0.2) is 24.9 Å². The van der Waals surface area contributed by atoms with Crippen LogP contribution in [0.5, 0.6) is 0 Å². The van der Waals surface area contributed by atoms with E-state index in [1.54, 1.807) is 12.1 Å². The third-order valence-corrected chi connectivity index (χ3v) is 5.37. The topological polar surface area (TPSA) is 49.6 Å². The van der Waals surface area contributed by atoms with Crippen molar-refractivity contribution in [1.82, 2.24) is 4.90 Å². The summed E-state index contributed by atoms with van der Waals surface area (Å²) < 4.78 is 0. The van der Waals surface area contributed by atoms with Gasteiger partial charge in [0.2, 0.25) is 0 Å². The fourth-order valence-corrected chi connectivity index (χ4v) is 3.65. The molecule has 3 aromatic carbocycles. The Morgan fingerprint density at radius 3 is 2.31 bits per heavy atom. The number of carbonyl (C=O) groups is 1. The van der Waals surface area contributed by atoms with Crippen LogP contribution in [-0.2, 0) is 6.54 Å². The minimum absolute atomic E-state index is 0.112. The van der Waals surface area contributed by atoms with Gasteiger partial charge in [-0.25, -0.2) is 0 Å². The van der Waals surface area contributed by atoms with Crippen molar-refractivity contribution in [2.75, 3.05) is 24.7 Å². The highest BCUT2D eigenvalue weighted by molar-refractivity contribution is 6.33.